The van der Waals surface area contributed by atoms with Crippen LogP contribution in [0, 0.1) is 6.92 Å². The molecule has 0 aliphatic carbocycles. The molecule has 0 atom stereocenters. The topological polar surface area (TPSA) is 59.9 Å². The average molecular weight is 351 g/mol. The second-order valence-electron chi connectivity index (χ2n) is 4.64. The Bertz CT molecular complexity index is 936. The molecule has 3 aromatic rings. The maximum absolute atomic E-state index is 12.9. The lowest BCUT2D eigenvalue weighted by atomic mass is 10.2. The lowest BCUT2D eigenvalue weighted by Crippen LogP contribution is -2.02. The Morgan fingerprint density at radius 2 is 2.00 bits per heavy atom. The number of hydrogen-bond donors (Lipinski definition) is 0. The Labute approximate surface area is 137 Å². The van der Waals surface area contributed by atoms with Crippen LogP contribution in [-0.4, -0.2) is 18.4 Å². The van der Waals surface area contributed by atoms with Gasteiger partial charge in [0.2, 0.25) is 15.1 Å². The SMILES string of the molecule is Cc1cccc(S(=O)(=O)c2ccsc2-c2ccnc(Cl)n2)c1. The molecule has 0 N–H and O–H groups in total. The number of nitrogens with zero attached hydrogens (tertiary/aromatic N) is 2. The Kier molecular flexibility index (Phi) is 3.99. The summed E-state index contributed by atoms with van der Waals surface area (Å²) in [6.45, 7) is 1.86. The number of halogens is 1. The predicted octanol–water partition coefficient (Wildman–Crippen LogP) is 4.00. The van der Waals surface area contributed by atoms with Gasteiger partial charge in [-0.05, 0) is 53.7 Å². The molecule has 3 rings (SSSR count). The molecule has 0 spiro atoms. The van der Waals surface area contributed by atoms with Gasteiger partial charge in [-0.15, -0.1) is 11.3 Å². The highest BCUT2D eigenvalue weighted by Crippen LogP contribution is 2.35. The van der Waals surface area contributed by atoms with Gasteiger partial charge in [0.1, 0.15) is 0 Å². The minimum absolute atomic E-state index is 0.0878. The van der Waals surface area contributed by atoms with Gasteiger partial charge in [0.15, 0.2) is 0 Å². The van der Waals surface area contributed by atoms with Crippen LogP contribution < -0.4 is 0 Å². The lowest BCUT2D eigenvalue weighted by Gasteiger charge is -2.06. The monoisotopic (exact) mass is 350 g/mol. The minimum Gasteiger partial charge on any atom is -0.226 e. The molecule has 0 fully saturated rings. The van der Waals surface area contributed by atoms with Gasteiger partial charge in [-0.1, -0.05) is 12.1 Å². The first kappa shape index (κ1) is 15.1. The summed E-state index contributed by atoms with van der Waals surface area (Å²) in [5.41, 5.74) is 1.39. The van der Waals surface area contributed by atoms with Crippen molar-refractivity contribution < 1.29 is 8.42 Å². The Hall–Kier alpha value is -1.76. The van der Waals surface area contributed by atoms with Gasteiger partial charge in [-0.2, -0.15) is 0 Å². The van der Waals surface area contributed by atoms with Crippen molar-refractivity contribution in [3.05, 3.63) is 58.8 Å². The third-order valence-electron chi connectivity index (χ3n) is 3.08. The highest BCUT2D eigenvalue weighted by atomic mass is 35.5. The molecule has 4 nitrogen and oxygen atoms in total. The highest BCUT2D eigenvalue weighted by Gasteiger charge is 2.24. The number of hydrogen-bond acceptors (Lipinski definition) is 5. The van der Waals surface area contributed by atoms with E-state index in [0.717, 1.165) is 5.56 Å². The molecule has 0 radical (unpaired) electrons. The molecule has 0 bridgehead atoms. The first-order valence-electron chi connectivity index (χ1n) is 6.36. The predicted molar refractivity (Wildman–Crippen MR) is 87.0 cm³/mol. The molecule has 0 aliphatic heterocycles. The van der Waals surface area contributed by atoms with Crippen molar-refractivity contribution in [1.82, 2.24) is 9.97 Å². The number of aryl methyl sites for hydroxylation is 1. The van der Waals surface area contributed by atoms with Crippen LogP contribution in [0.5, 0.6) is 0 Å². The van der Waals surface area contributed by atoms with E-state index in [1.54, 1.807) is 35.7 Å². The first-order chi connectivity index (χ1) is 10.5. The molecule has 0 saturated carbocycles. The fourth-order valence-electron chi connectivity index (χ4n) is 2.07. The second kappa shape index (κ2) is 5.79. The van der Waals surface area contributed by atoms with Crippen LogP contribution in [-0.2, 0) is 9.84 Å². The summed E-state index contributed by atoms with van der Waals surface area (Å²) in [5.74, 6) is 0. The number of thiophene rings is 1. The molecular formula is C15H11ClN2O2S2. The number of benzene rings is 1. The van der Waals surface area contributed by atoms with Crippen molar-refractivity contribution in [2.45, 2.75) is 16.7 Å². The molecule has 2 aromatic heterocycles. The summed E-state index contributed by atoms with van der Waals surface area (Å²) in [6, 6.07) is 10.1. The summed E-state index contributed by atoms with van der Waals surface area (Å²) in [7, 11) is -3.60. The van der Waals surface area contributed by atoms with Crippen molar-refractivity contribution >= 4 is 32.8 Å². The zero-order valence-electron chi connectivity index (χ0n) is 11.5. The van der Waals surface area contributed by atoms with Gasteiger partial charge in [0, 0.05) is 6.20 Å². The van der Waals surface area contributed by atoms with Crippen LogP contribution in [0.15, 0.2) is 57.8 Å². The second-order valence-corrected chi connectivity index (χ2v) is 7.82. The Balaban J connectivity index is 2.16. The summed E-state index contributed by atoms with van der Waals surface area (Å²) in [5, 5.41) is 1.82. The summed E-state index contributed by atoms with van der Waals surface area (Å²) in [4.78, 5) is 8.99. The lowest BCUT2D eigenvalue weighted by molar-refractivity contribution is 0.596. The van der Waals surface area contributed by atoms with E-state index in [2.05, 4.69) is 9.97 Å². The number of rotatable bonds is 3. The molecule has 0 aliphatic rings. The smallest absolute Gasteiger partial charge is 0.222 e. The molecular weight excluding hydrogens is 340 g/mol. The third-order valence-corrected chi connectivity index (χ3v) is 6.12. The van der Waals surface area contributed by atoms with E-state index in [-0.39, 0.29) is 15.1 Å². The molecule has 2 heterocycles. The van der Waals surface area contributed by atoms with Gasteiger partial charge in [0.05, 0.1) is 20.4 Å². The summed E-state index contributed by atoms with van der Waals surface area (Å²) in [6.07, 6.45) is 1.51. The van der Waals surface area contributed by atoms with Crippen molar-refractivity contribution in [2.75, 3.05) is 0 Å². The zero-order valence-corrected chi connectivity index (χ0v) is 13.9. The summed E-state index contributed by atoms with van der Waals surface area (Å²) < 4.78 is 25.7. The van der Waals surface area contributed by atoms with Gasteiger partial charge < -0.3 is 0 Å². The van der Waals surface area contributed by atoms with Crippen LogP contribution >= 0.6 is 22.9 Å². The molecule has 1 aromatic carbocycles. The quantitative estimate of drug-likeness (QED) is 0.670. The van der Waals surface area contributed by atoms with Gasteiger partial charge in [-0.3, -0.25) is 0 Å². The van der Waals surface area contributed by atoms with Crippen molar-refractivity contribution in [3.8, 4) is 10.6 Å². The van der Waals surface area contributed by atoms with E-state index < -0.39 is 9.84 Å². The third kappa shape index (κ3) is 2.77. The van der Waals surface area contributed by atoms with Gasteiger partial charge in [-0.25, -0.2) is 18.4 Å². The van der Waals surface area contributed by atoms with Gasteiger partial charge >= 0.3 is 0 Å². The van der Waals surface area contributed by atoms with Crippen LogP contribution in [0.25, 0.3) is 10.6 Å². The van der Waals surface area contributed by atoms with E-state index in [4.69, 9.17) is 11.6 Å². The zero-order chi connectivity index (χ0) is 15.7. The summed E-state index contributed by atoms with van der Waals surface area (Å²) >= 11 is 7.11. The van der Waals surface area contributed by atoms with Crippen molar-refractivity contribution in [2.24, 2.45) is 0 Å². The van der Waals surface area contributed by atoms with Gasteiger partial charge in [0.25, 0.3) is 0 Å². The van der Waals surface area contributed by atoms with Crippen molar-refractivity contribution in [1.29, 1.82) is 0 Å². The molecule has 7 heteroatoms. The van der Waals surface area contributed by atoms with E-state index in [1.165, 1.54) is 17.5 Å². The minimum atomic E-state index is -3.60. The standard InChI is InChI=1S/C15H11ClN2O2S2/c1-10-3-2-4-11(9-10)22(19,20)13-6-8-21-14(13)12-5-7-17-15(16)18-12/h2-9H,1H3. The Morgan fingerprint density at radius 1 is 1.18 bits per heavy atom. The molecule has 0 amide bonds. The maximum atomic E-state index is 12.9. The molecule has 22 heavy (non-hydrogen) atoms. The van der Waals surface area contributed by atoms with E-state index in [1.807, 2.05) is 13.0 Å². The molecule has 112 valence electrons. The fraction of sp³-hybridized carbons (Fsp3) is 0.0667. The number of aromatic nitrogens is 2. The molecule has 0 saturated heterocycles. The highest BCUT2D eigenvalue weighted by molar-refractivity contribution is 7.91. The van der Waals surface area contributed by atoms with Crippen LogP contribution in [0.2, 0.25) is 5.28 Å². The number of sulfone groups is 1. The van der Waals surface area contributed by atoms with E-state index in [9.17, 15) is 8.42 Å². The van der Waals surface area contributed by atoms with E-state index in [0.29, 0.717) is 10.6 Å². The fourth-order valence-corrected chi connectivity index (χ4v) is 4.98. The van der Waals surface area contributed by atoms with E-state index >= 15 is 0 Å². The van der Waals surface area contributed by atoms with Crippen LogP contribution in [0.4, 0.5) is 0 Å². The van der Waals surface area contributed by atoms with Crippen LogP contribution in [0.3, 0.4) is 0 Å². The molecule has 0 unspecified atom stereocenters. The van der Waals surface area contributed by atoms with Crippen molar-refractivity contribution in [3.63, 3.8) is 0 Å². The Morgan fingerprint density at radius 3 is 2.73 bits per heavy atom. The maximum Gasteiger partial charge on any atom is 0.222 e. The van der Waals surface area contributed by atoms with Crippen LogP contribution in [0.1, 0.15) is 5.56 Å². The average Bonchev–Trinajstić information content (AvgIpc) is 2.97. The normalized spacial score (nSPS) is 11.5. The largest absolute Gasteiger partial charge is 0.226 e. The first-order valence-corrected chi connectivity index (χ1v) is 9.11.